The van der Waals surface area contributed by atoms with E-state index in [1.165, 1.54) is 21.3 Å². The molecule has 32 heavy (non-hydrogen) atoms. The summed E-state index contributed by atoms with van der Waals surface area (Å²) in [5.41, 5.74) is 0.580. The Kier molecular flexibility index (Phi) is 8.38. The van der Waals surface area contributed by atoms with Gasteiger partial charge in [0.25, 0.3) is 0 Å². The van der Waals surface area contributed by atoms with Gasteiger partial charge >= 0.3 is 0 Å². The highest BCUT2D eigenvalue weighted by molar-refractivity contribution is 5.91. The number of anilines is 1. The Balaban J connectivity index is 1.42. The van der Waals surface area contributed by atoms with Crippen molar-refractivity contribution in [2.45, 2.75) is 25.8 Å². The third-order valence-corrected chi connectivity index (χ3v) is 5.58. The van der Waals surface area contributed by atoms with Gasteiger partial charge in [-0.3, -0.25) is 9.59 Å². The highest BCUT2D eigenvalue weighted by Gasteiger charge is 2.25. The molecule has 9 heteroatoms. The van der Waals surface area contributed by atoms with E-state index in [4.69, 9.17) is 18.6 Å². The fourth-order valence-electron chi connectivity index (χ4n) is 3.79. The van der Waals surface area contributed by atoms with Crippen molar-refractivity contribution in [1.29, 1.82) is 0 Å². The van der Waals surface area contributed by atoms with Crippen LogP contribution in [0, 0.1) is 5.92 Å². The molecule has 0 radical (unpaired) electrons. The largest absolute Gasteiger partial charge is 0.493 e. The molecule has 1 saturated heterocycles. The number of piperidine rings is 1. The monoisotopic (exact) mass is 445 g/mol. The summed E-state index contributed by atoms with van der Waals surface area (Å²) in [6, 6.07) is 7.04. The molecule has 1 aliphatic heterocycles. The number of amides is 2. The van der Waals surface area contributed by atoms with Gasteiger partial charge in [0.15, 0.2) is 11.5 Å². The highest BCUT2D eigenvalue weighted by Crippen LogP contribution is 2.39. The van der Waals surface area contributed by atoms with E-state index in [0.29, 0.717) is 42.4 Å². The van der Waals surface area contributed by atoms with Crippen molar-refractivity contribution in [2.75, 3.05) is 46.3 Å². The number of hydrogen-bond donors (Lipinski definition) is 2. The quantitative estimate of drug-likeness (QED) is 0.580. The molecule has 2 N–H and O–H groups in total. The van der Waals surface area contributed by atoms with Gasteiger partial charge in [-0.25, -0.2) is 0 Å². The number of furan rings is 1. The minimum atomic E-state index is -0.0995. The Labute approximate surface area is 188 Å². The van der Waals surface area contributed by atoms with E-state index in [2.05, 4.69) is 15.5 Å². The first kappa shape index (κ1) is 23.5. The Hall–Kier alpha value is -3.20. The summed E-state index contributed by atoms with van der Waals surface area (Å²) >= 11 is 0. The normalized spacial score (nSPS) is 14.6. The SMILES string of the molecule is COc1cc(NC(=O)CCN2CCC(C(=O)NCc3ccco3)CC2)cc(OC)c1OC. The lowest BCUT2D eigenvalue weighted by Crippen LogP contribution is -2.41. The van der Waals surface area contributed by atoms with Crippen LogP contribution in [0.15, 0.2) is 34.9 Å². The first-order valence-corrected chi connectivity index (χ1v) is 10.7. The molecule has 0 spiro atoms. The lowest BCUT2D eigenvalue weighted by atomic mass is 9.96. The minimum absolute atomic E-state index is 0.00531. The van der Waals surface area contributed by atoms with Crippen LogP contribution in [0.5, 0.6) is 17.2 Å². The summed E-state index contributed by atoms with van der Waals surface area (Å²) in [5.74, 6) is 2.13. The Bertz CT molecular complexity index is 866. The van der Waals surface area contributed by atoms with Crippen LogP contribution in [-0.4, -0.2) is 57.7 Å². The van der Waals surface area contributed by atoms with Gasteiger partial charge < -0.3 is 34.2 Å². The molecular weight excluding hydrogens is 414 g/mol. The molecule has 9 nitrogen and oxygen atoms in total. The minimum Gasteiger partial charge on any atom is -0.493 e. The second-order valence-corrected chi connectivity index (χ2v) is 7.63. The number of methoxy groups -OCH3 is 3. The summed E-state index contributed by atoms with van der Waals surface area (Å²) in [5, 5.41) is 5.81. The summed E-state index contributed by atoms with van der Waals surface area (Å²) in [6.07, 6.45) is 3.50. The van der Waals surface area contributed by atoms with Crippen LogP contribution >= 0.6 is 0 Å². The number of nitrogens with one attached hydrogen (secondary N) is 2. The van der Waals surface area contributed by atoms with E-state index in [1.54, 1.807) is 24.5 Å². The van der Waals surface area contributed by atoms with Crippen LogP contribution in [0.4, 0.5) is 5.69 Å². The predicted molar refractivity (Wildman–Crippen MR) is 119 cm³/mol. The summed E-state index contributed by atoms with van der Waals surface area (Å²) < 4.78 is 21.2. The molecule has 0 atom stereocenters. The van der Waals surface area contributed by atoms with E-state index in [-0.39, 0.29) is 17.7 Å². The zero-order chi connectivity index (χ0) is 22.9. The molecule has 2 amide bonds. The van der Waals surface area contributed by atoms with E-state index < -0.39 is 0 Å². The first-order valence-electron chi connectivity index (χ1n) is 10.7. The standard InChI is InChI=1S/C23H31N3O6/c1-29-19-13-17(14-20(30-2)22(19)31-3)25-21(27)8-11-26-9-6-16(7-10-26)23(28)24-15-18-5-4-12-32-18/h4-5,12-14,16H,6-11,15H2,1-3H3,(H,24,28)(H,25,27). The lowest BCUT2D eigenvalue weighted by molar-refractivity contribution is -0.127. The average molecular weight is 446 g/mol. The number of likely N-dealkylation sites (tertiary alicyclic amines) is 1. The smallest absolute Gasteiger partial charge is 0.225 e. The molecule has 0 bridgehead atoms. The second-order valence-electron chi connectivity index (χ2n) is 7.63. The number of hydrogen-bond acceptors (Lipinski definition) is 7. The molecule has 1 fully saturated rings. The van der Waals surface area contributed by atoms with Crippen LogP contribution < -0.4 is 24.8 Å². The average Bonchev–Trinajstić information content (AvgIpc) is 3.34. The third kappa shape index (κ3) is 6.16. The van der Waals surface area contributed by atoms with Crippen molar-refractivity contribution in [1.82, 2.24) is 10.2 Å². The van der Waals surface area contributed by atoms with Crippen LogP contribution in [0.3, 0.4) is 0 Å². The van der Waals surface area contributed by atoms with Gasteiger partial charge in [0.1, 0.15) is 5.76 Å². The van der Waals surface area contributed by atoms with Crippen LogP contribution in [0.25, 0.3) is 0 Å². The van der Waals surface area contributed by atoms with Gasteiger partial charge in [-0.15, -0.1) is 0 Å². The van der Waals surface area contributed by atoms with Crippen molar-refractivity contribution in [3.05, 3.63) is 36.3 Å². The van der Waals surface area contributed by atoms with Crippen molar-refractivity contribution in [2.24, 2.45) is 5.92 Å². The highest BCUT2D eigenvalue weighted by atomic mass is 16.5. The number of rotatable bonds is 10. The van der Waals surface area contributed by atoms with Gasteiger partial charge in [0.05, 0.1) is 34.1 Å². The maximum Gasteiger partial charge on any atom is 0.225 e. The van der Waals surface area contributed by atoms with E-state index in [1.807, 2.05) is 6.07 Å². The van der Waals surface area contributed by atoms with Crippen molar-refractivity contribution < 1.29 is 28.2 Å². The molecule has 0 saturated carbocycles. The fraction of sp³-hybridized carbons (Fsp3) is 0.478. The number of carbonyl (C=O) groups is 2. The molecule has 1 aliphatic rings. The van der Waals surface area contributed by atoms with Gasteiger partial charge in [0.2, 0.25) is 17.6 Å². The van der Waals surface area contributed by atoms with Gasteiger partial charge in [-0.1, -0.05) is 0 Å². The number of benzene rings is 1. The summed E-state index contributed by atoms with van der Waals surface area (Å²) in [4.78, 5) is 27.0. The zero-order valence-electron chi connectivity index (χ0n) is 18.8. The molecule has 2 aromatic rings. The topological polar surface area (TPSA) is 102 Å². The molecule has 0 unspecified atom stereocenters. The number of carbonyl (C=O) groups excluding carboxylic acids is 2. The van der Waals surface area contributed by atoms with Crippen molar-refractivity contribution in [3.8, 4) is 17.2 Å². The number of nitrogens with zero attached hydrogens (tertiary/aromatic N) is 1. The Morgan fingerprint density at radius 3 is 2.34 bits per heavy atom. The van der Waals surface area contributed by atoms with E-state index in [9.17, 15) is 9.59 Å². The maximum atomic E-state index is 12.5. The van der Waals surface area contributed by atoms with Gasteiger partial charge in [-0.05, 0) is 38.1 Å². The second kappa shape index (κ2) is 11.4. The van der Waals surface area contributed by atoms with E-state index in [0.717, 1.165) is 31.7 Å². The van der Waals surface area contributed by atoms with Crippen LogP contribution in [0.2, 0.25) is 0 Å². The lowest BCUT2D eigenvalue weighted by Gasteiger charge is -2.31. The van der Waals surface area contributed by atoms with Crippen molar-refractivity contribution in [3.63, 3.8) is 0 Å². The number of ether oxygens (including phenoxy) is 3. The van der Waals surface area contributed by atoms with Crippen LogP contribution in [0.1, 0.15) is 25.0 Å². The summed E-state index contributed by atoms with van der Waals surface area (Å²) in [7, 11) is 4.60. The molecule has 3 rings (SSSR count). The predicted octanol–water partition coefficient (Wildman–Crippen LogP) is 2.66. The van der Waals surface area contributed by atoms with Crippen molar-refractivity contribution >= 4 is 17.5 Å². The molecular formula is C23H31N3O6. The third-order valence-electron chi connectivity index (χ3n) is 5.58. The molecule has 2 heterocycles. The molecule has 174 valence electrons. The molecule has 1 aromatic heterocycles. The van der Waals surface area contributed by atoms with Gasteiger partial charge in [0, 0.05) is 36.7 Å². The zero-order valence-corrected chi connectivity index (χ0v) is 18.8. The van der Waals surface area contributed by atoms with Gasteiger partial charge in [-0.2, -0.15) is 0 Å². The molecule has 1 aromatic carbocycles. The molecule has 0 aliphatic carbocycles. The maximum absolute atomic E-state index is 12.5. The Morgan fingerprint density at radius 1 is 1.09 bits per heavy atom. The summed E-state index contributed by atoms with van der Waals surface area (Å²) in [6.45, 7) is 2.62. The van der Waals surface area contributed by atoms with Crippen LogP contribution in [-0.2, 0) is 16.1 Å². The first-order chi connectivity index (χ1) is 15.5. The van der Waals surface area contributed by atoms with E-state index >= 15 is 0 Å². The fourth-order valence-corrected chi connectivity index (χ4v) is 3.79. The Morgan fingerprint density at radius 2 is 1.78 bits per heavy atom.